The van der Waals surface area contributed by atoms with Crippen LogP contribution in [0.25, 0.3) is 0 Å². The van der Waals surface area contributed by atoms with Crippen LogP contribution >= 0.6 is 15.9 Å². The minimum atomic E-state index is 1.24. The Bertz CT molecular complexity index is 238. The Hall–Kier alpha value is -0.300. The zero-order chi connectivity index (χ0) is 6.97. The van der Waals surface area contributed by atoms with Gasteiger partial charge in [0.2, 0.25) is 0 Å². The van der Waals surface area contributed by atoms with Gasteiger partial charge in [-0.3, -0.25) is 0 Å². The van der Waals surface area contributed by atoms with Gasteiger partial charge in [0, 0.05) is 10.4 Å². The minimum Gasteiger partial charge on any atom is -0.0619 e. The van der Waals surface area contributed by atoms with Crippen molar-refractivity contribution in [3.8, 4) is 0 Å². The van der Waals surface area contributed by atoms with Crippen molar-refractivity contribution in [1.29, 1.82) is 0 Å². The fourth-order valence-electron chi connectivity index (χ4n) is 1.08. The first-order chi connectivity index (χ1) is 4.88. The summed E-state index contributed by atoms with van der Waals surface area (Å²) in [5.41, 5.74) is 1.41. The third kappa shape index (κ3) is 1.10. The summed E-state index contributed by atoms with van der Waals surface area (Å²) >= 11 is 3.52. The summed E-state index contributed by atoms with van der Waals surface area (Å²) in [6.07, 6.45) is 2.59. The van der Waals surface area contributed by atoms with Gasteiger partial charge in [-0.05, 0) is 24.5 Å². The third-order valence-electron chi connectivity index (χ3n) is 1.75. The molecule has 1 aromatic carbocycles. The first-order valence-electron chi connectivity index (χ1n) is 3.47. The summed E-state index contributed by atoms with van der Waals surface area (Å²) in [6.45, 7) is 0. The van der Waals surface area contributed by atoms with Crippen molar-refractivity contribution in [3.63, 3.8) is 0 Å². The van der Waals surface area contributed by atoms with Crippen molar-refractivity contribution < 1.29 is 0 Å². The minimum absolute atomic E-state index is 1.24. The van der Waals surface area contributed by atoms with Crippen LogP contribution in [0.15, 0.2) is 28.7 Å². The van der Waals surface area contributed by atoms with Crippen molar-refractivity contribution in [2.24, 2.45) is 0 Å². The number of halogens is 1. The van der Waals surface area contributed by atoms with Gasteiger partial charge in [0.1, 0.15) is 0 Å². The van der Waals surface area contributed by atoms with E-state index in [1.165, 1.54) is 22.9 Å². The van der Waals surface area contributed by atoms with Crippen LogP contribution < -0.4 is 0 Å². The maximum atomic E-state index is 3.52. The van der Waals surface area contributed by atoms with Gasteiger partial charge in [-0.25, -0.2) is 0 Å². The van der Waals surface area contributed by atoms with Crippen LogP contribution in [0, 0.1) is 5.92 Å². The van der Waals surface area contributed by atoms with Gasteiger partial charge >= 0.3 is 0 Å². The van der Waals surface area contributed by atoms with E-state index < -0.39 is 0 Å². The molecular weight excluding hydrogens is 188 g/mol. The second-order valence-electron chi connectivity index (χ2n) is 2.58. The zero-order valence-corrected chi connectivity index (χ0v) is 7.19. The highest BCUT2D eigenvalue weighted by Gasteiger charge is 2.25. The molecule has 0 heterocycles. The lowest BCUT2D eigenvalue weighted by molar-refractivity contribution is 1.38. The first-order valence-corrected chi connectivity index (χ1v) is 4.27. The Morgan fingerprint density at radius 2 is 1.80 bits per heavy atom. The van der Waals surface area contributed by atoms with Crippen molar-refractivity contribution in [3.05, 3.63) is 40.2 Å². The normalized spacial score (nSPS) is 17.3. The van der Waals surface area contributed by atoms with E-state index >= 15 is 0 Å². The summed E-state index contributed by atoms with van der Waals surface area (Å²) in [5.74, 6) is 1.59. The molecule has 1 heteroatoms. The molecule has 0 spiro atoms. The molecule has 0 amide bonds. The molecule has 10 heavy (non-hydrogen) atoms. The average Bonchev–Trinajstić information content (AvgIpc) is 2.71. The molecule has 1 aliphatic carbocycles. The summed E-state index contributed by atoms with van der Waals surface area (Å²) in [5, 5.41) is 0. The summed E-state index contributed by atoms with van der Waals surface area (Å²) < 4.78 is 1.24. The Morgan fingerprint density at radius 1 is 1.10 bits per heavy atom. The van der Waals surface area contributed by atoms with Gasteiger partial charge in [-0.1, -0.05) is 34.1 Å². The first kappa shape index (κ1) is 6.41. The van der Waals surface area contributed by atoms with Gasteiger partial charge in [-0.2, -0.15) is 0 Å². The number of hydrogen-bond acceptors (Lipinski definition) is 0. The molecule has 0 aliphatic heterocycles. The van der Waals surface area contributed by atoms with Crippen LogP contribution in [0.3, 0.4) is 0 Å². The zero-order valence-electron chi connectivity index (χ0n) is 5.60. The molecule has 0 aromatic heterocycles. The number of benzene rings is 1. The van der Waals surface area contributed by atoms with E-state index in [0.29, 0.717) is 0 Å². The maximum absolute atomic E-state index is 3.52. The second-order valence-corrected chi connectivity index (χ2v) is 3.44. The van der Waals surface area contributed by atoms with E-state index in [2.05, 4.69) is 40.2 Å². The van der Waals surface area contributed by atoms with Crippen LogP contribution in [0.2, 0.25) is 0 Å². The predicted molar refractivity (Wildman–Crippen MR) is 45.7 cm³/mol. The van der Waals surface area contributed by atoms with E-state index in [9.17, 15) is 0 Å². The average molecular weight is 196 g/mol. The Kier molecular flexibility index (Phi) is 1.53. The van der Waals surface area contributed by atoms with Gasteiger partial charge < -0.3 is 0 Å². The highest BCUT2D eigenvalue weighted by Crippen LogP contribution is 2.41. The quantitative estimate of drug-likeness (QED) is 0.647. The van der Waals surface area contributed by atoms with E-state index in [1.807, 2.05) is 0 Å². The van der Waals surface area contributed by atoms with Crippen LogP contribution in [-0.4, -0.2) is 0 Å². The predicted octanol–water partition coefficient (Wildman–Crippen LogP) is 3.17. The summed E-state index contributed by atoms with van der Waals surface area (Å²) in [6, 6.07) is 8.41. The Morgan fingerprint density at radius 3 is 2.40 bits per heavy atom. The van der Waals surface area contributed by atoms with Gasteiger partial charge in [0.25, 0.3) is 0 Å². The molecule has 0 unspecified atom stereocenters. The van der Waals surface area contributed by atoms with Crippen molar-refractivity contribution in [2.75, 3.05) is 0 Å². The molecule has 0 N–H and O–H groups in total. The van der Waals surface area contributed by atoms with Crippen LogP contribution in [-0.2, 0) is 0 Å². The highest BCUT2D eigenvalue weighted by atomic mass is 79.9. The van der Waals surface area contributed by atoms with Gasteiger partial charge in [0.15, 0.2) is 0 Å². The monoisotopic (exact) mass is 195 g/mol. The Balaban J connectivity index is 2.39. The maximum Gasteiger partial charge on any atom is 0.0213 e. The number of hydrogen-bond donors (Lipinski definition) is 0. The molecule has 2 rings (SSSR count). The van der Waals surface area contributed by atoms with E-state index in [1.54, 1.807) is 5.92 Å². The van der Waals surface area contributed by atoms with Crippen molar-refractivity contribution >= 4 is 15.9 Å². The molecule has 0 atom stereocenters. The molecule has 0 bridgehead atoms. The fraction of sp³-hybridized carbons (Fsp3) is 0.222. The smallest absolute Gasteiger partial charge is 0.0213 e. The Labute approximate surface area is 69.4 Å². The van der Waals surface area contributed by atoms with Gasteiger partial charge in [0.05, 0.1) is 0 Å². The molecule has 1 aliphatic rings. The summed E-state index contributed by atoms with van der Waals surface area (Å²) in [7, 11) is 0. The van der Waals surface area contributed by atoms with Crippen LogP contribution in [0.1, 0.15) is 18.4 Å². The van der Waals surface area contributed by atoms with E-state index in [0.717, 1.165) is 0 Å². The standard InChI is InChI=1S/C9H8Br/c10-9-4-2-1-3-8(9)7-5-6-7/h1-4H,5-6H2. The van der Waals surface area contributed by atoms with Gasteiger partial charge in [-0.15, -0.1) is 0 Å². The lowest BCUT2D eigenvalue weighted by atomic mass is 10.1. The molecular formula is C9H8Br. The lowest BCUT2D eigenvalue weighted by Gasteiger charge is -1.98. The van der Waals surface area contributed by atoms with E-state index in [4.69, 9.17) is 0 Å². The topological polar surface area (TPSA) is 0 Å². The van der Waals surface area contributed by atoms with Crippen LogP contribution in [0.4, 0.5) is 0 Å². The largest absolute Gasteiger partial charge is 0.0619 e. The lowest BCUT2D eigenvalue weighted by Crippen LogP contribution is -1.79. The fourth-order valence-corrected chi connectivity index (χ4v) is 1.64. The van der Waals surface area contributed by atoms with E-state index in [-0.39, 0.29) is 0 Å². The molecule has 0 saturated heterocycles. The molecule has 0 nitrogen and oxygen atoms in total. The highest BCUT2D eigenvalue weighted by molar-refractivity contribution is 9.10. The summed E-state index contributed by atoms with van der Waals surface area (Å²) in [4.78, 5) is 0. The second kappa shape index (κ2) is 2.39. The molecule has 1 fully saturated rings. The third-order valence-corrected chi connectivity index (χ3v) is 2.45. The molecule has 1 saturated carbocycles. The van der Waals surface area contributed by atoms with Crippen molar-refractivity contribution in [1.82, 2.24) is 0 Å². The van der Waals surface area contributed by atoms with Crippen molar-refractivity contribution in [2.45, 2.75) is 12.8 Å². The molecule has 1 radical (unpaired) electrons. The SMILES string of the molecule is Brc1ccccc1[C]1CC1. The molecule has 1 aromatic rings. The molecule has 51 valence electrons. The number of rotatable bonds is 1. The van der Waals surface area contributed by atoms with Crippen LogP contribution in [0.5, 0.6) is 0 Å².